The summed E-state index contributed by atoms with van der Waals surface area (Å²) in [6.45, 7) is 12.3. The molecule has 0 radical (unpaired) electrons. The van der Waals surface area contributed by atoms with Crippen LogP contribution in [-0.4, -0.2) is 29.6 Å². The largest absolute Gasteiger partial charge is 0.478 e. The molecule has 0 aliphatic rings. The second-order valence-electron chi connectivity index (χ2n) is 5.63. The minimum absolute atomic E-state index is 0.0611. The number of aliphatic carboxylic acids is 1. The SMILES string of the molecule is C=C(C)C(=O)Oc1ccccc1.C=C(C=C(C)C(=O)O)C(=O)OCCCC. The van der Waals surface area contributed by atoms with Crippen molar-refractivity contribution in [3.8, 4) is 5.75 Å². The van der Waals surface area contributed by atoms with E-state index < -0.39 is 11.9 Å². The van der Waals surface area contributed by atoms with E-state index >= 15 is 0 Å². The highest BCUT2D eigenvalue weighted by atomic mass is 16.5. The number of carboxylic acid groups (broad SMARTS) is 1. The van der Waals surface area contributed by atoms with E-state index in [1.165, 1.54) is 13.0 Å². The molecule has 0 bridgehead atoms. The summed E-state index contributed by atoms with van der Waals surface area (Å²) in [6.07, 6.45) is 2.93. The number of rotatable bonds is 8. The first kappa shape index (κ1) is 23.9. The third kappa shape index (κ3) is 11.1. The van der Waals surface area contributed by atoms with Crippen LogP contribution < -0.4 is 4.74 Å². The van der Waals surface area contributed by atoms with Crippen molar-refractivity contribution in [3.05, 3.63) is 66.3 Å². The van der Waals surface area contributed by atoms with Crippen LogP contribution in [0.25, 0.3) is 0 Å². The van der Waals surface area contributed by atoms with Crippen molar-refractivity contribution in [1.29, 1.82) is 0 Å². The zero-order chi connectivity index (χ0) is 20.8. The highest BCUT2D eigenvalue weighted by Gasteiger charge is 2.08. The summed E-state index contributed by atoms with van der Waals surface area (Å²) in [7, 11) is 0. The third-order valence-electron chi connectivity index (χ3n) is 3.02. The van der Waals surface area contributed by atoms with E-state index in [1.54, 1.807) is 31.2 Å². The summed E-state index contributed by atoms with van der Waals surface area (Å²) in [4.78, 5) is 32.7. The molecule has 27 heavy (non-hydrogen) atoms. The number of hydrogen-bond donors (Lipinski definition) is 1. The molecule has 146 valence electrons. The van der Waals surface area contributed by atoms with Gasteiger partial charge in [-0.3, -0.25) is 0 Å². The lowest BCUT2D eigenvalue weighted by Gasteiger charge is -2.03. The molecular formula is C21H26O6. The van der Waals surface area contributed by atoms with Gasteiger partial charge in [-0.05, 0) is 38.5 Å². The van der Waals surface area contributed by atoms with E-state index in [-0.39, 0.29) is 17.1 Å². The lowest BCUT2D eigenvalue weighted by Crippen LogP contribution is -2.08. The van der Waals surface area contributed by atoms with Gasteiger partial charge in [0.15, 0.2) is 0 Å². The van der Waals surface area contributed by atoms with Crippen molar-refractivity contribution in [2.75, 3.05) is 6.61 Å². The number of ether oxygens (including phenoxy) is 2. The summed E-state index contributed by atoms with van der Waals surface area (Å²) in [5.41, 5.74) is 0.525. The first-order chi connectivity index (χ1) is 12.7. The molecule has 0 aliphatic carbocycles. The van der Waals surface area contributed by atoms with Gasteiger partial charge in [-0.25, -0.2) is 14.4 Å². The standard InChI is InChI=1S/C11H16O4.C10H10O2/c1-4-5-6-15-11(14)9(3)7-8(2)10(12)13;1-8(2)10(11)12-9-6-4-3-5-7-9/h7H,3-6H2,1-2H3,(H,12,13);3-7H,1H2,2H3. The first-order valence-corrected chi connectivity index (χ1v) is 8.39. The van der Waals surface area contributed by atoms with Crippen molar-refractivity contribution in [1.82, 2.24) is 0 Å². The lowest BCUT2D eigenvalue weighted by atomic mass is 10.2. The third-order valence-corrected chi connectivity index (χ3v) is 3.02. The monoisotopic (exact) mass is 374 g/mol. The number of para-hydroxylation sites is 1. The molecule has 1 aromatic rings. The number of carbonyl (C=O) groups is 3. The van der Waals surface area contributed by atoms with E-state index in [4.69, 9.17) is 14.6 Å². The molecule has 6 heteroatoms. The summed E-state index contributed by atoms with van der Waals surface area (Å²) in [5, 5.41) is 8.57. The van der Waals surface area contributed by atoms with Crippen molar-refractivity contribution >= 4 is 17.9 Å². The Bertz CT molecular complexity index is 701. The summed E-state index contributed by atoms with van der Waals surface area (Å²) >= 11 is 0. The maximum Gasteiger partial charge on any atom is 0.338 e. The Morgan fingerprint density at radius 3 is 2.15 bits per heavy atom. The van der Waals surface area contributed by atoms with Crippen molar-refractivity contribution in [2.24, 2.45) is 0 Å². The maximum atomic E-state index is 11.2. The Morgan fingerprint density at radius 2 is 1.67 bits per heavy atom. The average molecular weight is 374 g/mol. The molecule has 6 nitrogen and oxygen atoms in total. The molecule has 0 amide bonds. The van der Waals surface area contributed by atoms with Crippen molar-refractivity contribution in [3.63, 3.8) is 0 Å². The van der Waals surface area contributed by atoms with Gasteiger partial charge in [0, 0.05) is 11.1 Å². The van der Waals surface area contributed by atoms with Gasteiger partial charge in [0.1, 0.15) is 5.75 Å². The summed E-state index contributed by atoms with van der Waals surface area (Å²) < 4.78 is 9.79. The average Bonchev–Trinajstić information content (AvgIpc) is 2.62. The van der Waals surface area contributed by atoms with Gasteiger partial charge in [0.05, 0.1) is 12.2 Å². The van der Waals surface area contributed by atoms with Gasteiger partial charge >= 0.3 is 17.9 Å². The highest BCUT2D eigenvalue weighted by molar-refractivity contribution is 5.94. The summed E-state index contributed by atoms with van der Waals surface area (Å²) in [5.74, 6) is -1.48. The molecule has 0 fully saturated rings. The minimum atomic E-state index is -1.07. The molecule has 0 spiro atoms. The van der Waals surface area contributed by atoms with E-state index in [0.29, 0.717) is 17.9 Å². The van der Waals surface area contributed by atoms with Gasteiger partial charge in [-0.2, -0.15) is 0 Å². The fourth-order valence-electron chi connectivity index (χ4n) is 1.47. The van der Waals surface area contributed by atoms with Crippen LogP contribution in [0, 0.1) is 0 Å². The topological polar surface area (TPSA) is 89.9 Å². The Hall–Kier alpha value is -3.15. The number of esters is 2. The molecule has 0 aliphatic heterocycles. The van der Waals surface area contributed by atoms with E-state index in [0.717, 1.165) is 12.8 Å². The molecule has 0 saturated carbocycles. The second kappa shape index (κ2) is 13.1. The smallest absolute Gasteiger partial charge is 0.338 e. The van der Waals surface area contributed by atoms with Crippen molar-refractivity contribution in [2.45, 2.75) is 33.6 Å². The molecule has 0 atom stereocenters. The fourth-order valence-corrected chi connectivity index (χ4v) is 1.47. The Labute approximate surface area is 159 Å². The normalized spacial score (nSPS) is 10.1. The van der Waals surface area contributed by atoms with Gasteiger partial charge in [0.25, 0.3) is 0 Å². The van der Waals surface area contributed by atoms with Crippen LogP contribution in [0.5, 0.6) is 5.75 Å². The Kier molecular flexibility index (Phi) is 11.6. The molecule has 0 unspecified atom stereocenters. The maximum absolute atomic E-state index is 11.2. The van der Waals surface area contributed by atoms with Crippen LogP contribution in [0.4, 0.5) is 0 Å². The van der Waals surface area contributed by atoms with Crippen LogP contribution in [0.15, 0.2) is 66.3 Å². The zero-order valence-corrected chi connectivity index (χ0v) is 16.0. The lowest BCUT2D eigenvalue weighted by molar-refractivity contribution is -0.138. The Morgan fingerprint density at radius 1 is 1.07 bits per heavy atom. The van der Waals surface area contributed by atoms with E-state index in [2.05, 4.69) is 13.2 Å². The molecule has 1 rings (SSSR count). The number of carboxylic acids is 1. The Balaban J connectivity index is 0.000000511. The summed E-state index contributed by atoms with van der Waals surface area (Å²) in [6, 6.07) is 8.92. The van der Waals surface area contributed by atoms with E-state index in [9.17, 15) is 14.4 Å². The van der Waals surface area contributed by atoms with Crippen LogP contribution in [0.2, 0.25) is 0 Å². The quantitative estimate of drug-likeness (QED) is 0.242. The number of carbonyl (C=O) groups excluding carboxylic acids is 2. The minimum Gasteiger partial charge on any atom is -0.478 e. The molecule has 0 heterocycles. The van der Waals surface area contributed by atoms with E-state index in [1.807, 2.05) is 13.0 Å². The first-order valence-electron chi connectivity index (χ1n) is 8.39. The number of unbranched alkanes of at least 4 members (excludes halogenated alkanes) is 1. The molecule has 0 saturated heterocycles. The van der Waals surface area contributed by atoms with Crippen molar-refractivity contribution < 1.29 is 29.0 Å². The molecule has 1 N–H and O–H groups in total. The van der Waals surface area contributed by atoms with Crippen LogP contribution in [0.3, 0.4) is 0 Å². The molecule has 0 aromatic heterocycles. The number of benzene rings is 1. The highest BCUT2D eigenvalue weighted by Crippen LogP contribution is 2.09. The second-order valence-corrected chi connectivity index (χ2v) is 5.63. The van der Waals surface area contributed by atoms with Crippen LogP contribution >= 0.6 is 0 Å². The van der Waals surface area contributed by atoms with Gasteiger partial charge in [0.2, 0.25) is 0 Å². The van der Waals surface area contributed by atoms with Gasteiger partial charge in [-0.15, -0.1) is 0 Å². The van der Waals surface area contributed by atoms with Gasteiger partial charge in [-0.1, -0.05) is 44.7 Å². The zero-order valence-electron chi connectivity index (χ0n) is 16.0. The van der Waals surface area contributed by atoms with Crippen LogP contribution in [0.1, 0.15) is 33.6 Å². The molecule has 1 aromatic carbocycles. The van der Waals surface area contributed by atoms with Crippen LogP contribution in [-0.2, 0) is 19.1 Å². The van der Waals surface area contributed by atoms with Gasteiger partial charge < -0.3 is 14.6 Å². The predicted octanol–water partition coefficient (Wildman–Crippen LogP) is 4.08. The number of hydrogen-bond acceptors (Lipinski definition) is 5. The predicted molar refractivity (Wildman–Crippen MR) is 103 cm³/mol. The molecular weight excluding hydrogens is 348 g/mol. The fraction of sp³-hybridized carbons (Fsp3) is 0.286.